The van der Waals surface area contributed by atoms with E-state index in [2.05, 4.69) is 38.4 Å². The van der Waals surface area contributed by atoms with Crippen molar-refractivity contribution in [3.8, 4) is 0 Å². The molecule has 0 aliphatic heterocycles. The molecule has 17 heavy (non-hydrogen) atoms. The molecule has 0 aliphatic carbocycles. The van der Waals surface area contributed by atoms with Gasteiger partial charge in [0.15, 0.2) is 0 Å². The van der Waals surface area contributed by atoms with Crippen molar-refractivity contribution in [3.63, 3.8) is 0 Å². The fourth-order valence-corrected chi connectivity index (χ4v) is 1.57. The lowest BCUT2D eigenvalue weighted by Crippen LogP contribution is -2.19. The van der Waals surface area contributed by atoms with Crippen LogP contribution in [0.3, 0.4) is 0 Å². The number of nitrogens with zero attached hydrogens (tertiary/aromatic N) is 1. The molecule has 0 saturated carbocycles. The minimum absolute atomic E-state index is 0.770. The van der Waals surface area contributed by atoms with Gasteiger partial charge in [0.05, 0.1) is 6.61 Å². The van der Waals surface area contributed by atoms with Crippen LogP contribution < -0.4 is 5.32 Å². The van der Waals surface area contributed by atoms with E-state index in [0.29, 0.717) is 0 Å². The quantitative estimate of drug-likeness (QED) is 0.592. The number of pyridine rings is 1. The van der Waals surface area contributed by atoms with Crippen molar-refractivity contribution >= 4 is 15.9 Å². The smallest absolute Gasteiger partial charge is 0.0587 e. The number of allylic oxidation sites excluding steroid dienone is 1. The van der Waals surface area contributed by atoms with Crippen LogP contribution in [0.2, 0.25) is 0 Å². The highest BCUT2D eigenvalue weighted by molar-refractivity contribution is 9.10. The van der Waals surface area contributed by atoms with Crippen LogP contribution in [0.15, 0.2) is 35.0 Å². The molecule has 1 aromatic rings. The van der Waals surface area contributed by atoms with Crippen LogP contribution in [-0.4, -0.2) is 31.8 Å². The van der Waals surface area contributed by atoms with Gasteiger partial charge in [0.1, 0.15) is 0 Å². The van der Waals surface area contributed by atoms with E-state index >= 15 is 0 Å². The number of rotatable bonds is 8. The first kappa shape index (κ1) is 14.4. The molecule has 0 bridgehead atoms. The highest BCUT2D eigenvalue weighted by Crippen LogP contribution is 2.07. The van der Waals surface area contributed by atoms with E-state index in [-0.39, 0.29) is 0 Å². The zero-order valence-electron chi connectivity index (χ0n) is 10.2. The Bertz CT molecular complexity index is 325. The van der Waals surface area contributed by atoms with Gasteiger partial charge in [0.25, 0.3) is 0 Å². The number of halogens is 1. The van der Waals surface area contributed by atoms with Crippen LogP contribution in [0.1, 0.15) is 12.1 Å². The van der Waals surface area contributed by atoms with Crippen LogP contribution in [0.25, 0.3) is 0 Å². The summed E-state index contributed by atoms with van der Waals surface area (Å²) in [7, 11) is 1.72. The molecule has 0 fully saturated rings. The van der Waals surface area contributed by atoms with Crippen molar-refractivity contribution in [2.75, 3.05) is 26.8 Å². The molecule has 1 rings (SSSR count). The minimum Gasteiger partial charge on any atom is -0.383 e. The summed E-state index contributed by atoms with van der Waals surface area (Å²) in [6.45, 7) is 2.68. The number of methoxy groups -OCH3 is 1. The maximum absolute atomic E-state index is 4.94. The van der Waals surface area contributed by atoms with E-state index in [9.17, 15) is 0 Å². The molecule has 3 nitrogen and oxygen atoms in total. The SMILES string of the molecule is COCCNCC/C=C/Cc1ccc(Br)cn1. The van der Waals surface area contributed by atoms with Gasteiger partial charge in [-0.25, -0.2) is 0 Å². The van der Waals surface area contributed by atoms with Crippen LogP contribution in [0.5, 0.6) is 0 Å². The highest BCUT2D eigenvalue weighted by atomic mass is 79.9. The molecule has 1 N–H and O–H groups in total. The maximum atomic E-state index is 4.94. The van der Waals surface area contributed by atoms with Crippen LogP contribution in [-0.2, 0) is 11.2 Å². The molecule has 1 aromatic heterocycles. The van der Waals surface area contributed by atoms with E-state index in [1.54, 1.807) is 7.11 Å². The lowest BCUT2D eigenvalue weighted by atomic mass is 10.2. The van der Waals surface area contributed by atoms with E-state index < -0.39 is 0 Å². The van der Waals surface area contributed by atoms with Gasteiger partial charge >= 0.3 is 0 Å². The highest BCUT2D eigenvalue weighted by Gasteiger charge is 1.91. The Morgan fingerprint density at radius 2 is 2.24 bits per heavy atom. The van der Waals surface area contributed by atoms with E-state index in [1.165, 1.54) is 0 Å². The van der Waals surface area contributed by atoms with Gasteiger partial charge in [-0.05, 0) is 41.0 Å². The molecule has 4 heteroatoms. The summed E-state index contributed by atoms with van der Waals surface area (Å²) in [6, 6.07) is 4.05. The number of aromatic nitrogens is 1. The minimum atomic E-state index is 0.770. The summed E-state index contributed by atoms with van der Waals surface area (Å²) in [5, 5.41) is 3.29. The van der Waals surface area contributed by atoms with Crippen LogP contribution >= 0.6 is 15.9 Å². The topological polar surface area (TPSA) is 34.1 Å². The predicted molar refractivity (Wildman–Crippen MR) is 74.1 cm³/mol. The normalized spacial score (nSPS) is 11.2. The van der Waals surface area contributed by atoms with Crippen LogP contribution in [0.4, 0.5) is 0 Å². The van der Waals surface area contributed by atoms with Gasteiger partial charge < -0.3 is 10.1 Å². The first-order valence-electron chi connectivity index (χ1n) is 5.78. The average Bonchev–Trinajstić information content (AvgIpc) is 2.35. The van der Waals surface area contributed by atoms with Crippen molar-refractivity contribution < 1.29 is 4.74 Å². The van der Waals surface area contributed by atoms with Gasteiger partial charge in [-0.1, -0.05) is 12.2 Å². The van der Waals surface area contributed by atoms with Crippen molar-refractivity contribution in [1.82, 2.24) is 10.3 Å². The van der Waals surface area contributed by atoms with E-state index in [4.69, 9.17) is 4.74 Å². The van der Waals surface area contributed by atoms with Crippen molar-refractivity contribution in [1.29, 1.82) is 0 Å². The van der Waals surface area contributed by atoms with Crippen molar-refractivity contribution in [2.45, 2.75) is 12.8 Å². The van der Waals surface area contributed by atoms with Gasteiger partial charge in [-0.3, -0.25) is 4.98 Å². The Labute approximate surface area is 111 Å². The first-order valence-corrected chi connectivity index (χ1v) is 6.57. The van der Waals surface area contributed by atoms with Crippen molar-refractivity contribution in [2.24, 2.45) is 0 Å². The summed E-state index contributed by atoms with van der Waals surface area (Å²) in [5.74, 6) is 0. The average molecular weight is 299 g/mol. The Balaban J connectivity index is 2.07. The Morgan fingerprint density at radius 1 is 1.35 bits per heavy atom. The summed E-state index contributed by atoms with van der Waals surface area (Å²) < 4.78 is 5.97. The molecule has 0 atom stereocenters. The number of hydrogen-bond donors (Lipinski definition) is 1. The second-order valence-corrected chi connectivity index (χ2v) is 4.59. The second kappa shape index (κ2) is 9.33. The largest absolute Gasteiger partial charge is 0.383 e. The van der Waals surface area contributed by atoms with Crippen LogP contribution in [0, 0.1) is 0 Å². The predicted octanol–water partition coefficient (Wildman–Crippen LogP) is 2.57. The third kappa shape index (κ3) is 7.26. The molecule has 0 aromatic carbocycles. The van der Waals surface area contributed by atoms with Gasteiger partial charge in [-0.15, -0.1) is 0 Å². The lowest BCUT2D eigenvalue weighted by Gasteiger charge is -2.00. The number of nitrogens with one attached hydrogen (secondary N) is 1. The Hall–Kier alpha value is -0.710. The summed E-state index contributed by atoms with van der Waals surface area (Å²) >= 11 is 3.37. The third-order valence-corrected chi connectivity index (χ3v) is 2.72. The molecule has 94 valence electrons. The molecule has 1 heterocycles. The fraction of sp³-hybridized carbons (Fsp3) is 0.462. The molecule has 0 spiro atoms. The fourth-order valence-electron chi connectivity index (χ4n) is 1.33. The van der Waals surface area contributed by atoms with Crippen molar-refractivity contribution in [3.05, 3.63) is 40.6 Å². The molecular formula is C13H19BrN2O. The van der Waals surface area contributed by atoms with Gasteiger partial charge in [0.2, 0.25) is 0 Å². The van der Waals surface area contributed by atoms with Gasteiger partial charge in [0, 0.05) is 36.4 Å². The summed E-state index contributed by atoms with van der Waals surface area (Å²) in [6.07, 6.45) is 8.11. The van der Waals surface area contributed by atoms with E-state index in [1.807, 2.05) is 18.3 Å². The summed E-state index contributed by atoms with van der Waals surface area (Å²) in [5.41, 5.74) is 1.09. The first-order chi connectivity index (χ1) is 8.33. The Morgan fingerprint density at radius 3 is 2.94 bits per heavy atom. The molecule has 0 amide bonds. The Kier molecular flexibility index (Phi) is 7.88. The molecule has 0 radical (unpaired) electrons. The van der Waals surface area contributed by atoms with E-state index in [0.717, 1.165) is 42.7 Å². The number of hydrogen-bond acceptors (Lipinski definition) is 3. The second-order valence-electron chi connectivity index (χ2n) is 3.67. The third-order valence-electron chi connectivity index (χ3n) is 2.25. The molecule has 0 aliphatic rings. The molecular weight excluding hydrogens is 280 g/mol. The van der Waals surface area contributed by atoms with Gasteiger partial charge in [-0.2, -0.15) is 0 Å². The number of ether oxygens (including phenoxy) is 1. The zero-order chi connectivity index (χ0) is 12.3. The molecule has 0 saturated heterocycles. The standard InChI is InChI=1S/C13H19BrN2O/c1-17-10-9-15-8-4-2-3-5-13-7-6-12(14)11-16-13/h2-3,6-7,11,15H,4-5,8-10H2,1H3/b3-2+. The molecule has 0 unspecified atom stereocenters. The summed E-state index contributed by atoms with van der Waals surface area (Å²) in [4.78, 5) is 4.31. The zero-order valence-corrected chi connectivity index (χ0v) is 11.7. The monoisotopic (exact) mass is 298 g/mol. The maximum Gasteiger partial charge on any atom is 0.0587 e. The lowest BCUT2D eigenvalue weighted by molar-refractivity contribution is 0.199.